The van der Waals surface area contributed by atoms with Gasteiger partial charge in [0.15, 0.2) is 11.8 Å². The van der Waals surface area contributed by atoms with Crippen molar-refractivity contribution >= 4 is 29.8 Å². The van der Waals surface area contributed by atoms with Crippen LogP contribution in [0.25, 0.3) is 0 Å². The number of fused-ring (bicyclic) bond motifs is 3. The molecular weight excluding hydrogens is 288 g/mol. The Morgan fingerprint density at radius 3 is 2.95 bits per heavy atom. The maximum atomic E-state index is 11.7. The summed E-state index contributed by atoms with van der Waals surface area (Å²) in [4.78, 5) is 29.9. The molecule has 108 valence electrons. The molecule has 0 radical (unpaired) electrons. The number of rotatable bonds is 2. The second kappa shape index (κ2) is 4.46. The van der Waals surface area contributed by atoms with Crippen molar-refractivity contribution in [1.82, 2.24) is 4.90 Å². The van der Waals surface area contributed by atoms with Gasteiger partial charge in [0.25, 0.3) is 0 Å². The summed E-state index contributed by atoms with van der Waals surface area (Å²) in [6.07, 6.45) is 1.94. The number of halogens is 1. The van der Waals surface area contributed by atoms with Gasteiger partial charge in [0.05, 0.1) is 22.9 Å². The van der Waals surface area contributed by atoms with Crippen LogP contribution in [-0.4, -0.2) is 55.1 Å². The van der Waals surface area contributed by atoms with Crippen LogP contribution < -0.4 is 0 Å². The van der Waals surface area contributed by atoms with Crippen molar-refractivity contribution < 1.29 is 23.9 Å². The molecule has 1 saturated heterocycles. The van der Waals surface area contributed by atoms with Crippen molar-refractivity contribution in [3.8, 4) is 0 Å². The predicted molar refractivity (Wildman–Crippen MR) is 67.9 cm³/mol. The molecule has 20 heavy (non-hydrogen) atoms. The molecule has 3 bridgehead atoms. The average molecular weight is 301 g/mol. The molecule has 3 unspecified atom stereocenters. The van der Waals surface area contributed by atoms with Gasteiger partial charge in [-0.3, -0.25) is 4.90 Å². The molecule has 0 saturated carbocycles. The standard InChI is InChI=1S/C12H13ClN2O5/c1-15-7-3-4-12(15)6(5-14-18-2)8(13)9(7)19-10(16)11(17)20-12/h5,7,9H,3-4H2,1-2H3/b14-5+. The number of hydrogen-bond donors (Lipinski definition) is 0. The molecule has 0 amide bonds. The maximum absolute atomic E-state index is 11.7. The molecule has 8 heteroatoms. The van der Waals surface area contributed by atoms with Gasteiger partial charge in [0.1, 0.15) is 7.11 Å². The van der Waals surface area contributed by atoms with E-state index >= 15 is 0 Å². The Hall–Kier alpha value is -1.60. The van der Waals surface area contributed by atoms with Gasteiger partial charge in [-0.2, -0.15) is 0 Å². The molecule has 3 aliphatic heterocycles. The van der Waals surface area contributed by atoms with E-state index in [1.807, 2.05) is 4.90 Å². The molecule has 0 aromatic rings. The van der Waals surface area contributed by atoms with Gasteiger partial charge in [0, 0.05) is 6.42 Å². The summed E-state index contributed by atoms with van der Waals surface area (Å²) in [5.74, 6) is -2.03. The van der Waals surface area contributed by atoms with Gasteiger partial charge in [0.2, 0.25) is 0 Å². The monoisotopic (exact) mass is 300 g/mol. The summed E-state index contributed by atoms with van der Waals surface area (Å²) < 4.78 is 10.5. The molecule has 0 aromatic carbocycles. The minimum Gasteiger partial charge on any atom is -0.446 e. The van der Waals surface area contributed by atoms with E-state index in [-0.39, 0.29) is 6.04 Å². The first-order valence-corrected chi connectivity index (χ1v) is 6.52. The van der Waals surface area contributed by atoms with Gasteiger partial charge >= 0.3 is 11.9 Å². The second-order valence-corrected chi connectivity index (χ2v) is 5.30. The van der Waals surface area contributed by atoms with E-state index in [0.717, 1.165) is 0 Å². The van der Waals surface area contributed by atoms with E-state index < -0.39 is 23.8 Å². The zero-order valence-corrected chi connectivity index (χ0v) is 11.7. The number of nitrogens with zero attached hydrogens (tertiary/aromatic N) is 2. The van der Waals surface area contributed by atoms with Crippen LogP contribution >= 0.6 is 11.6 Å². The normalized spacial score (nSPS) is 37.0. The van der Waals surface area contributed by atoms with Gasteiger partial charge in [-0.05, 0) is 13.5 Å². The third-order valence-corrected chi connectivity index (χ3v) is 4.49. The maximum Gasteiger partial charge on any atom is 0.419 e. The molecular formula is C12H13ClN2O5. The fourth-order valence-corrected chi connectivity index (χ4v) is 3.49. The number of likely N-dealkylation sites (N-methyl/N-ethyl adjacent to an activating group) is 1. The third-order valence-electron chi connectivity index (χ3n) is 4.07. The second-order valence-electron chi connectivity index (χ2n) is 4.90. The van der Waals surface area contributed by atoms with Crippen LogP contribution in [0, 0.1) is 0 Å². The van der Waals surface area contributed by atoms with E-state index in [1.165, 1.54) is 13.3 Å². The molecule has 1 fully saturated rings. The van der Waals surface area contributed by atoms with Crippen molar-refractivity contribution in [3.63, 3.8) is 0 Å². The molecule has 0 aromatic heterocycles. The van der Waals surface area contributed by atoms with Crippen molar-refractivity contribution in [1.29, 1.82) is 0 Å². The number of ether oxygens (including phenoxy) is 2. The largest absolute Gasteiger partial charge is 0.446 e. The van der Waals surface area contributed by atoms with Crippen molar-refractivity contribution in [2.45, 2.75) is 30.7 Å². The van der Waals surface area contributed by atoms with E-state index in [2.05, 4.69) is 9.99 Å². The van der Waals surface area contributed by atoms with Crippen LogP contribution in [0.3, 0.4) is 0 Å². The predicted octanol–water partition coefficient (Wildman–Crippen LogP) is 0.384. The number of carbonyl (C=O) groups excluding carboxylic acids is 2. The highest BCUT2D eigenvalue weighted by Crippen LogP contribution is 2.49. The summed E-state index contributed by atoms with van der Waals surface area (Å²) in [6.45, 7) is 0. The summed E-state index contributed by atoms with van der Waals surface area (Å²) in [6, 6.07) is -0.112. The van der Waals surface area contributed by atoms with Crippen LogP contribution in [0.4, 0.5) is 0 Å². The van der Waals surface area contributed by atoms with Crippen molar-refractivity contribution in [2.75, 3.05) is 14.2 Å². The lowest BCUT2D eigenvalue weighted by Crippen LogP contribution is -2.60. The Morgan fingerprint density at radius 1 is 1.50 bits per heavy atom. The molecule has 3 aliphatic rings. The fraction of sp³-hybridized carbons (Fsp3) is 0.583. The lowest BCUT2D eigenvalue weighted by Gasteiger charge is -2.45. The topological polar surface area (TPSA) is 77.4 Å². The summed E-state index contributed by atoms with van der Waals surface area (Å²) in [5, 5.41) is 4.03. The first kappa shape index (κ1) is 13.4. The van der Waals surface area contributed by atoms with Gasteiger partial charge in [-0.1, -0.05) is 16.8 Å². The highest BCUT2D eigenvalue weighted by Gasteiger charge is 2.60. The van der Waals surface area contributed by atoms with Crippen LogP contribution in [-0.2, 0) is 23.9 Å². The molecule has 7 nitrogen and oxygen atoms in total. The van der Waals surface area contributed by atoms with Crippen molar-refractivity contribution in [3.05, 3.63) is 10.6 Å². The van der Waals surface area contributed by atoms with Crippen LogP contribution in [0.15, 0.2) is 15.8 Å². The lowest BCUT2D eigenvalue weighted by atomic mass is 9.96. The van der Waals surface area contributed by atoms with Gasteiger partial charge < -0.3 is 14.3 Å². The van der Waals surface area contributed by atoms with Crippen molar-refractivity contribution in [2.24, 2.45) is 5.16 Å². The third kappa shape index (κ3) is 1.59. The molecule has 1 spiro atoms. The highest BCUT2D eigenvalue weighted by molar-refractivity contribution is 6.34. The molecule has 3 atom stereocenters. The molecule has 0 N–H and O–H groups in total. The van der Waals surface area contributed by atoms with Gasteiger partial charge in [-0.25, -0.2) is 9.59 Å². The smallest absolute Gasteiger partial charge is 0.419 e. The Kier molecular flexibility index (Phi) is 2.98. The first-order chi connectivity index (χ1) is 9.51. The van der Waals surface area contributed by atoms with E-state index in [0.29, 0.717) is 23.4 Å². The number of hydrogen-bond acceptors (Lipinski definition) is 7. The van der Waals surface area contributed by atoms with Crippen LogP contribution in [0.1, 0.15) is 12.8 Å². The molecule has 3 rings (SSSR count). The molecule has 0 aliphatic carbocycles. The number of oxime groups is 1. The first-order valence-electron chi connectivity index (χ1n) is 6.15. The quantitative estimate of drug-likeness (QED) is 0.318. The number of esters is 2. The SMILES string of the molecule is CO/N=C/C1=C(Cl)C2OC(=O)C(=O)OC13CCC2N3C. The zero-order chi connectivity index (χ0) is 14.5. The highest BCUT2D eigenvalue weighted by atomic mass is 35.5. The summed E-state index contributed by atoms with van der Waals surface area (Å²) >= 11 is 6.33. The van der Waals surface area contributed by atoms with Crippen LogP contribution in [0.2, 0.25) is 0 Å². The van der Waals surface area contributed by atoms with Crippen LogP contribution in [0.5, 0.6) is 0 Å². The zero-order valence-electron chi connectivity index (χ0n) is 11.0. The Balaban J connectivity index is 2.18. The lowest BCUT2D eigenvalue weighted by molar-refractivity contribution is -0.198. The Labute approximate surface area is 120 Å². The average Bonchev–Trinajstić information content (AvgIpc) is 2.69. The Bertz CT molecular complexity index is 546. The minimum absolute atomic E-state index is 0.112. The summed E-state index contributed by atoms with van der Waals surface area (Å²) in [7, 11) is 3.21. The van der Waals surface area contributed by atoms with Gasteiger partial charge in [-0.15, -0.1) is 0 Å². The minimum atomic E-state index is -1.07. The van der Waals surface area contributed by atoms with E-state index in [1.54, 1.807) is 7.05 Å². The fourth-order valence-electron chi connectivity index (χ4n) is 3.10. The Morgan fingerprint density at radius 2 is 2.25 bits per heavy atom. The molecule has 3 heterocycles. The summed E-state index contributed by atoms with van der Waals surface area (Å²) in [5.41, 5.74) is -0.584. The number of carbonyl (C=O) groups is 2. The van der Waals surface area contributed by atoms with E-state index in [9.17, 15) is 9.59 Å². The van der Waals surface area contributed by atoms with E-state index in [4.69, 9.17) is 21.1 Å².